The number of sulfonamides is 1. The number of benzene rings is 1. The highest BCUT2D eigenvalue weighted by Gasteiger charge is 2.22. The second-order valence-corrected chi connectivity index (χ2v) is 8.84. The van der Waals surface area contributed by atoms with Gasteiger partial charge in [-0.2, -0.15) is 0 Å². The Labute approximate surface area is 169 Å². The lowest BCUT2D eigenvalue weighted by Gasteiger charge is -2.30. The fourth-order valence-electron chi connectivity index (χ4n) is 3.01. The van der Waals surface area contributed by atoms with E-state index in [4.69, 9.17) is 9.15 Å². The first-order valence-corrected chi connectivity index (χ1v) is 10.9. The van der Waals surface area contributed by atoms with E-state index < -0.39 is 16.0 Å². The molecule has 2 heterocycles. The Morgan fingerprint density at radius 1 is 1.21 bits per heavy atom. The molecule has 0 saturated carbocycles. The first kappa shape index (κ1) is 21.1. The van der Waals surface area contributed by atoms with Gasteiger partial charge in [0.15, 0.2) is 6.61 Å². The summed E-state index contributed by atoms with van der Waals surface area (Å²) in [4.78, 5) is 26.1. The first-order valence-electron chi connectivity index (χ1n) is 9.42. The molecule has 156 valence electrons. The van der Waals surface area contributed by atoms with Gasteiger partial charge in [-0.05, 0) is 49.1 Å². The topological polar surface area (TPSA) is 106 Å². The SMILES string of the molecule is CC1CCN(C(=O)COC(=O)c2cccc(S(=O)(=O)NCc3ccco3)c2)CC1. The summed E-state index contributed by atoms with van der Waals surface area (Å²) in [5.41, 5.74) is 0.0611. The minimum Gasteiger partial charge on any atom is -0.468 e. The van der Waals surface area contributed by atoms with Crippen molar-refractivity contribution in [2.75, 3.05) is 19.7 Å². The third-order valence-corrected chi connectivity index (χ3v) is 6.26. The molecule has 8 nitrogen and oxygen atoms in total. The average molecular weight is 420 g/mol. The van der Waals surface area contributed by atoms with Crippen LogP contribution < -0.4 is 4.72 Å². The second-order valence-electron chi connectivity index (χ2n) is 7.07. The number of hydrogen-bond donors (Lipinski definition) is 1. The number of carbonyl (C=O) groups is 2. The molecular weight excluding hydrogens is 396 g/mol. The predicted molar refractivity (Wildman–Crippen MR) is 104 cm³/mol. The third kappa shape index (κ3) is 5.68. The normalized spacial score (nSPS) is 15.3. The molecular formula is C20H24N2O6S. The van der Waals surface area contributed by atoms with E-state index in [1.54, 1.807) is 17.0 Å². The molecule has 1 aliphatic heterocycles. The highest BCUT2D eigenvalue weighted by molar-refractivity contribution is 7.89. The van der Waals surface area contributed by atoms with Crippen LogP contribution in [0.1, 0.15) is 35.9 Å². The standard InChI is InChI=1S/C20H24N2O6S/c1-15-7-9-22(10-8-15)19(23)14-28-20(24)16-4-2-6-18(12-16)29(25,26)21-13-17-5-3-11-27-17/h2-6,11-12,15,21H,7-10,13-14H2,1H3. The molecule has 0 atom stereocenters. The van der Waals surface area contributed by atoms with Gasteiger partial charge in [0.05, 0.1) is 23.3 Å². The van der Waals surface area contributed by atoms with E-state index in [-0.39, 0.29) is 29.5 Å². The number of rotatable bonds is 7. The summed E-state index contributed by atoms with van der Waals surface area (Å²) >= 11 is 0. The van der Waals surface area contributed by atoms with Crippen molar-refractivity contribution in [2.45, 2.75) is 31.2 Å². The minimum atomic E-state index is -3.84. The van der Waals surface area contributed by atoms with Gasteiger partial charge in [0.25, 0.3) is 5.91 Å². The van der Waals surface area contributed by atoms with Crippen molar-refractivity contribution in [3.8, 4) is 0 Å². The average Bonchev–Trinajstić information content (AvgIpc) is 3.25. The van der Waals surface area contributed by atoms with Crippen LogP contribution in [0, 0.1) is 5.92 Å². The Morgan fingerprint density at radius 3 is 2.66 bits per heavy atom. The molecule has 0 spiro atoms. The summed E-state index contributed by atoms with van der Waals surface area (Å²) < 4.78 is 37.5. The zero-order chi connectivity index (χ0) is 20.9. The summed E-state index contributed by atoms with van der Waals surface area (Å²) in [5, 5.41) is 0. The number of carbonyl (C=O) groups excluding carboxylic acids is 2. The summed E-state index contributed by atoms with van der Waals surface area (Å²) in [7, 11) is -3.84. The number of furan rings is 1. The van der Waals surface area contributed by atoms with E-state index >= 15 is 0 Å². The van der Waals surface area contributed by atoms with Crippen LogP contribution in [0.3, 0.4) is 0 Å². The molecule has 1 aromatic carbocycles. The van der Waals surface area contributed by atoms with Gasteiger partial charge in [0.1, 0.15) is 5.76 Å². The summed E-state index contributed by atoms with van der Waals surface area (Å²) in [6, 6.07) is 8.80. The van der Waals surface area contributed by atoms with Crippen molar-refractivity contribution in [1.82, 2.24) is 9.62 Å². The van der Waals surface area contributed by atoms with Crippen LogP contribution in [0.15, 0.2) is 52.0 Å². The maximum absolute atomic E-state index is 12.4. The van der Waals surface area contributed by atoms with Crippen LogP contribution in [0.2, 0.25) is 0 Å². The first-order chi connectivity index (χ1) is 13.8. The number of nitrogens with one attached hydrogen (secondary N) is 1. The van der Waals surface area contributed by atoms with Gasteiger partial charge >= 0.3 is 5.97 Å². The maximum Gasteiger partial charge on any atom is 0.338 e. The number of hydrogen-bond acceptors (Lipinski definition) is 6. The molecule has 1 aromatic heterocycles. The largest absolute Gasteiger partial charge is 0.468 e. The number of esters is 1. The number of piperidine rings is 1. The number of nitrogens with zero attached hydrogens (tertiary/aromatic N) is 1. The molecule has 29 heavy (non-hydrogen) atoms. The Kier molecular flexibility index (Phi) is 6.71. The van der Waals surface area contributed by atoms with E-state index in [0.717, 1.165) is 12.8 Å². The molecule has 0 aliphatic carbocycles. The Balaban J connectivity index is 1.58. The zero-order valence-electron chi connectivity index (χ0n) is 16.2. The summed E-state index contributed by atoms with van der Waals surface area (Å²) in [6.07, 6.45) is 3.32. The van der Waals surface area contributed by atoms with Gasteiger partial charge < -0.3 is 14.1 Å². The van der Waals surface area contributed by atoms with Gasteiger partial charge in [-0.3, -0.25) is 4.79 Å². The summed E-state index contributed by atoms with van der Waals surface area (Å²) in [5.74, 6) is 0.0726. The second kappa shape index (κ2) is 9.23. The van der Waals surface area contributed by atoms with Crippen LogP contribution in [-0.2, 0) is 26.1 Å². The fourth-order valence-corrected chi connectivity index (χ4v) is 4.05. The smallest absolute Gasteiger partial charge is 0.338 e. The molecule has 1 saturated heterocycles. The summed E-state index contributed by atoms with van der Waals surface area (Å²) in [6.45, 7) is 3.10. The molecule has 0 bridgehead atoms. The predicted octanol–water partition coefficient (Wildman–Crippen LogP) is 2.17. The molecule has 9 heteroatoms. The molecule has 1 N–H and O–H groups in total. The lowest BCUT2D eigenvalue weighted by Crippen LogP contribution is -2.40. The van der Waals surface area contributed by atoms with Gasteiger partial charge in [0.2, 0.25) is 10.0 Å². The van der Waals surface area contributed by atoms with Crippen LogP contribution >= 0.6 is 0 Å². The van der Waals surface area contributed by atoms with Gasteiger partial charge in [-0.15, -0.1) is 0 Å². The van der Waals surface area contributed by atoms with E-state index in [9.17, 15) is 18.0 Å². The number of amides is 1. The van der Waals surface area contributed by atoms with Gasteiger partial charge in [-0.25, -0.2) is 17.9 Å². The highest BCUT2D eigenvalue weighted by Crippen LogP contribution is 2.17. The lowest BCUT2D eigenvalue weighted by molar-refractivity contribution is -0.135. The Morgan fingerprint density at radius 2 is 1.97 bits per heavy atom. The monoisotopic (exact) mass is 420 g/mol. The molecule has 1 aliphatic rings. The molecule has 2 aromatic rings. The van der Waals surface area contributed by atoms with Crippen molar-refractivity contribution in [2.24, 2.45) is 5.92 Å². The Bertz CT molecular complexity index is 947. The van der Waals surface area contributed by atoms with Crippen LogP contribution in [0.25, 0.3) is 0 Å². The van der Waals surface area contributed by atoms with Gasteiger partial charge in [0, 0.05) is 13.1 Å². The number of likely N-dealkylation sites (tertiary alicyclic amines) is 1. The van der Waals surface area contributed by atoms with Crippen molar-refractivity contribution in [1.29, 1.82) is 0 Å². The molecule has 0 radical (unpaired) electrons. The molecule has 0 unspecified atom stereocenters. The van der Waals surface area contributed by atoms with E-state index in [1.807, 2.05) is 0 Å². The molecule has 1 fully saturated rings. The van der Waals surface area contributed by atoms with Crippen LogP contribution in [0.4, 0.5) is 0 Å². The molecule has 1 amide bonds. The van der Waals surface area contributed by atoms with E-state index in [0.29, 0.717) is 24.8 Å². The van der Waals surface area contributed by atoms with Gasteiger partial charge in [-0.1, -0.05) is 13.0 Å². The van der Waals surface area contributed by atoms with Crippen molar-refractivity contribution >= 4 is 21.9 Å². The van der Waals surface area contributed by atoms with E-state index in [1.165, 1.54) is 30.5 Å². The quantitative estimate of drug-likeness (QED) is 0.688. The highest BCUT2D eigenvalue weighted by atomic mass is 32.2. The van der Waals surface area contributed by atoms with Crippen molar-refractivity contribution in [3.63, 3.8) is 0 Å². The zero-order valence-corrected chi connectivity index (χ0v) is 17.0. The lowest BCUT2D eigenvalue weighted by atomic mass is 9.99. The minimum absolute atomic E-state index is 0.00698. The number of ether oxygens (including phenoxy) is 1. The fraction of sp³-hybridized carbons (Fsp3) is 0.400. The molecule has 3 rings (SSSR count). The van der Waals surface area contributed by atoms with Crippen molar-refractivity contribution in [3.05, 3.63) is 54.0 Å². The van der Waals surface area contributed by atoms with Crippen LogP contribution in [0.5, 0.6) is 0 Å². The third-order valence-electron chi connectivity index (χ3n) is 4.86. The van der Waals surface area contributed by atoms with Crippen molar-refractivity contribution < 1.29 is 27.2 Å². The maximum atomic E-state index is 12.4. The van der Waals surface area contributed by atoms with Crippen LogP contribution in [-0.4, -0.2) is 44.9 Å². The van der Waals surface area contributed by atoms with E-state index in [2.05, 4.69) is 11.6 Å². The Hall–Kier alpha value is -2.65.